The molecule has 1 saturated carbocycles. The Hall–Kier alpha value is 0.177. The van der Waals surface area contributed by atoms with E-state index in [4.69, 9.17) is 4.74 Å². The smallest absolute Gasteiger partial charge is 0.0873 e. The molecule has 0 aromatic carbocycles. The SMILES string of the molecule is [CH]1CCCC2OC12.[SiH4]. The van der Waals surface area contributed by atoms with Crippen molar-refractivity contribution in [2.75, 3.05) is 0 Å². The zero-order chi connectivity index (χ0) is 4.69. The quantitative estimate of drug-likeness (QED) is 0.323. The van der Waals surface area contributed by atoms with Crippen LogP contribution in [0.25, 0.3) is 0 Å². The zero-order valence-electron chi connectivity index (χ0n) is 4.26. The minimum Gasteiger partial charge on any atom is -0.369 e. The van der Waals surface area contributed by atoms with Gasteiger partial charge in [0.05, 0.1) is 12.2 Å². The Balaban J connectivity index is 0.000000320. The molecule has 0 bridgehead atoms. The summed E-state index contributed by atoms with van der Waals surface area (Å²) in [5, 5.41) is 0. The van der Waals surface area contributed by atoms with E-state index in [0.29, 0.717) is 12.2 Å². The third-order valence-electron chi connectivity index (χ3n) is 1.71. The van der Waals surface area contributed by atoms with Gasteiger partial charge in [0.15, 0.2) is 0 Å². The first kappa shape index (κ1) is 6.30. The maximum Gasteiger partial charge on any atom is 0.0873 e. The zero-order valence-corrected chi connectivity index (χ0v) is 4.26. The van der Waals surface area contributed by atoms with Crippen LogP contribution in [0.15, 0.2) is 0 Å². The summed E-state index contributed by atoms with van der Waals surface area (Å²) in [5.41, 5.74) is 0. The van der Waals surface area contributed by atoms with E-state index in [2.05, 4.69) is 6.42 Å². The van der Waals surface area contributed by atoms with E-state index < -0.39 is 0 Å². The first-order valence-electron chi connectivity index (χ1n) is 2.95. The van der Waals surface area contributed by atoms with Crippen molar-refractivity contribution in [1.29, 1.82) is 0 Å². The molecule has 1 saturated heterocycles. The predicted octanol–water partition coefficient (Wildman–Crippen LogP) is -0.310. The van der Waals surface area contributed by atoms with E-state index in [-0.39, 0.29) is 11.0 Å². The van der Waals surface area contributed by atoms with Crippen LogP contribution in [0.5, 0.6) is 0 Å². The average molecular weight is 129 g/mol. The Morgan fingerprint density at radius 2 is 2.38 bits per heavy atom. The van der Waals surface area contributed by atoms with Gasteiger partial charge in [0.25, 0.3) is 0 Å². The molecule has 2 unspecified atom stereocenters. The van der Waals surface area contributed by atoms with E-state index in [0.717, 1.165) is 0 Å². The number of hydrogen-bond donors (Lipinski definition) is 0. The molecule has 2 heteroatoms. The Morgan fingerprint density at radius 3 is 2.88 bits per heavy atom. The second kappa shape index (κ2) is 2.19. The second-order valence-electron chi connectivity index (χ2n) is 2.31. The van der Waals surface area contributed by atoms with Crippen molar-refractivity contribution in [1.82, 2.24) is 0 Å². The predicted molar refractivity (Wildman–Crippen MR) is 38.1 cm³/mol. The van der Waals surface area contributed by atoms with Crippen molar-refractivity contribution < 1.29 is 4.74 Å². The highest BCUT2D eigenvalue weighted by molar-refractivity contribution is 5.75. The molecule has 0 aromatic heterocycles. The van der Waals surface area contributed by atoms with E-state index in [1.54, 1.807) is 0 Å². The van der Waals surface area contributed by atoms with Gasteiger partial charge in [-0.1, -0.05) is 6.42 Å². The highest BCUT2D eigenvalue weighted by Crippen LogP contribution is 2.35. The highest BCUT2D eigenvalue weighted by atomic mass is 28.1. The Kier molecular flexibility index (Phi) is 1.73. The Labute approximate surface area is 54.4 Å². The van der Waals surface area contributed by atoms with Gasteiger partial charge < -0.3 is 4.74 Å². The molecule has 8 heavy (non-hydrogen) atoms. The Morgan fingerprint density at radius 1 is 1.50 bits per heavy atom. The van der Waals surface area contributed by atoms with Crippen molar-refractivity contribution in [2.24, 2.45) is 0 Å². The summed E-state index contributed by atoms with van der Waals surface area (Å²) in [7, 11) is 0. The normalized spacial score (nSPS) is 42.0. The van der Waals surface area contributed by atoms with Crippen LogP contribution >= 0.6 is 0 Å². The first-order valence-corrected chi connectivity index (χ1v) is 2.95. The lowest BCUT2D eigenvalue weighted by molar-refractivity contribution is 0.384. The van der Waals surface area contributed by atoms with Crippen molar-refractivity contribution >= 4 is 11.0 Å². The highest BCUT2D eigenvalue weighted by Gasteiger charge is 2.40. The van der Waals surface area contributed by atoms with Crippen molar-refractivity contribution in [3.8, 4) is 0 Å². The number of epoxide rings is 1. The largest absolute Gasteiger partial charge is 0.369 e. The molecule has 2 aliphatic rings. The first-order chi connectivity index (χ1) is 3.47. The molecule has 2 atom stereocenters. The third-order valence-corrected chi connectivity index (χ3v) is 1.71. The summed E-state index contributed by atoms with van der Waals surface area (Å²) in [6.45, 7) is 0. The molecule has 0 aromatic rings. The van der Waals surface area contributed by atoms with Gasteiger partial charge in [0.2, 0.25) is 0 Å². The molecule has 1 aliphatic carbocycles. The Bertz CT molecular complexity index is 74.6. The lowest BCUT2D eigenvalue weighted by atomic mass is 10.0. The van der Waals surface area contributed by atoms with Crippen LogP contribution in [0.2, 0.25) is 0 Å². The number of hydrogen-bond acceptors (Lipinski definition) is 1. The summed E-state index contributed by atoms with van der Waals surface area (Å²) in [4.78, 5) is 0. The van der Waals surface area contributed by atoms with Gasteiger partial charge in [-0.25, -0.2) is 0 Å². The molecule has 1 radical (unpaired) electrons. The number of ether oxygens (including phenoxy) is 1. The summed E-state index contributed by atoms with van der Waals surface area (Å²) in [5.74, 6) is 0. The maximum absolute atomic E-state index is 5.22. The maximum atomic E-state index is 5.22. The average Bonchev–Trinajstić information content (AvgIpc) is 2.41. The van der Waals surface area contributed by atoms with E-state index in [1.807, 2.05) is 0 Å². The van der Waals surface area contributed by atoms with Gasteiger partial charge in [0, 0.05) is 0 Å². The fourth-order valence-electron chi connectivity index (χ4n) is 1.20. The van der Waals surface area contributed by atoms with Crippen LogP contribution in [-0.4, -0.2) is 23.2 Å². The standard InChI is InChI=1S/C6H9O.H4Si/c1-2-4-6-5(3-1)7-6;/h3,5-6H,1-2,4H2;1H4. The molecule has 47 valence electrons. The minimum absolute atomic E-state index is 0. The molecule has 1 nitrogen and oxygen atoms in total. The van der Waals surface area contributed by atoms with Gasteiger partial charge in [0.1, 0.15) is 0 Å². The summed E-state index contributed by atoms with van der Waals surface area (Å²) in [6, 6.07) is 0. The monoisotopic (exact) mass is 129 g/mol. The van der Waals surface area contributed by atoms with Crippen molar-refractivity contribution in [3.63, 3.8) is 0 Å². The van der Waals surface area contributed by atoms with E-state index >= 15 is 0 Å². The van der Waals surface area contributed by atoms with E-state index in [1.165, 1.54) is 19.3 Å². The van der Waals surface area contributed by atoms with Crippen LogP contribution in [0.3, 0.4) is 0 Å². The van der Waals surface area contributed by atoms with Gasteiger partial charge in [-0.2, -0.15) is 0 Å². The molecule has 1 heterocycles. The lowest BCUT2D eigenvalue weighted by Crippen LogP contribution is -2.01. The van der Waals surface area contributed by atoms with Gasteiger partial charge >= 0.3 is 0 Å². The molecular weight excluding hydrogens is 116 g/mol. The molecule has 2 rings (SSSR count). The fourth-order valence-corrected chi connectivity index (χ4v) is 1.20. The number of rotatable bonds is 0. The van der Waals surface area contributed by atoms with Crippen molar-refractivity contribution in [2.45, 2.75) is 31.5 Å². The molecular formula is C6H13OSi. The summed E-state index contributed by atoms with van der Waals surface area (Å²) >= 11 is 0. The minimum atomic E-state index is 0. The summed E-state index contributed by atoms with van der Waals surface area (Å²) < 4.78 is 5.22. The van der Waals surface area contributed by atoms with Gasteiger partial charge in [-0.3, -0.25) is 0 Å². The topological polar surface area (TPSA) is 12.5 Å². The second-order valence-corrected chi connectivity index (χ2v) is 2.31. The molecule has 1 aliphatic heterocycles. The molecule has 2 fully saturated rings. The summed E-state index contributed by atoms with van der Waals surface area (Å²) in [6.07, 6.45) is 7.44. The molecule has 0 N–H and O–H groups in total. The van der Waals surface area contributed by atoms with Crippen LogP contribution in [-0.2, 0) is 4.74 Å². The van der Waals surface area contributed by atoms with Gasteiger partial charge in [-0.15, -0.1) is 0 Å². The van der Waals surface area contributed by atoms with E-state index in [9.17, 15) is 0 Å². The van der Waals surface area contributed by atoms with Crippen LogP contribution in [0, 0.1) is 6.42 Å². The fraction of sp³-hybridized carbons (Fsp3) is 0.833. The van der Waals surface area contributed by atoms with Crippen LogP contribution in [0.4, 0.5) is 0 Å². The van der Waals surface area contributed by atoms with Crippen LogP contribution < -0.4 is 0 Å². The molecule has 0 amide bonds. The van der Waals surface area contributed by atoms with Crippen molar-refractivity contribution in [3.05, 3.63) is 6.42 Å². The third kappa shape index (κ3) is 0.953. The van der Waals surface area contributed by atoms with Gasteiger partial charge in [-0.05, 0) is 30.2 Å². The molecule has 0 spiro atoms. The lowest BCUT2D eigenvalue weighted by Gasteiger charge is -1.99. The number of fused-ring (bicyclic) bond motifs is 1. The van der Waals surface area contributed by atoms with Crippen LogP contribution in [0.1, 0.15) is 19.3 Å².